The van der Waals surface area contributed by atoms with Crippen molar-refractivity contribution in [3.8, 4) is 5.75 Å². The third kappa shape index (κ3) is 2.41. The molecule has 1 N–H and O–H groups in total. The molecule has 0 radical (unpaired) electrons. The molecule has 2 aromatic carbocycles. The smallest absolute Gasteiger partial charge is 0.279 e. The number of aromatic hydroxyl groups is 1. The van der Waals surface area contributed by atoms with E-state index >= 15 is 0 Å². The van der Waals surface area contributed by atoms with Gasteiger partial charge in [-0.05, 0) is 35.9 Å². The number of anilines is 1. The number of carbonyl (C=O) groups is 1. The lowest BCUT2D eigenvalue weighted by atomic mass is 10.1. The van der Waals surface area contributed by atoms with Crippen LogP contribution < -0.4 is 4.90 Å². The summed E-state index contributed by atoms with van der Waals surface area (Å²) in [6, 6.07) is 14.0. The number of likely N-dealkylation sites (N-methyl/N-ethyl adjacent to an activating group) is 1. The number of phenols is 1. The van der Waals surface area contributed by atoms with E-state index in [-0.39, 0.29) is 11.7 Å². The Hall–Kier alpha value is -2.95. The molecule has 5 heteroatoms. The van der Waals surface area contributed by atoms with Crippen molar-refractivity contribution in [2.45, 2.75) is 0 Å². The van der Waals surface area contributed by atoms with E-state index in [0.717, 1.165) is 16.8 Å². The number of benzene rings is 2. The van der Waals surface area contributed by atoms with Gasteiger partial charge < -0.3 is 10.0 Å². The number of carbonyl (C=O) groups excluding carboxylic acids is 1. The van der Waals surface area contributed by atoms with Crippen molar-refractivity contribution in [2.24, 2.45) is 10.2 Å². The second-order valence-corrected chi connectivity index (χ2v) is 4.67. The average Bonchev–Trinajstić information content (AvgIpc) is 2.75. The molecule has 1 heterocycles. The number of fused-ring (bicyclic) bond motifs is 1. The van der Waals surface area contributed by atoms with Gasteiger partial charge in [-0.2, -0.15) is 5.10 Å². The van der Waals surface area contributed by atoms with Crippen LogP contribution in [0.15, 0.2) is 58.7 Å². The monoisotopic (exact) mass is 279 g/mol. The van der Waals surface area contributed by atoms with E-state index in [2.05, 4.69) is 10.2 Å². The number of phenolic OH excluding ortho intramolecular Hbond substituents is 1. The van der Waals surface area contributed by atoms with Crippen LogP contribution in [0.3, 0.4) is 0 Å². The van der Waals surface area contributed by atoms with Crippen molar-refractivity contribution in [1.29, 1.82) is 0 Å². The van der Waals surface area contributed by atoms with Crippen LogP contribution in [0.4, 0.5) is 5.69 Å². The Morgan fingerprint density at radius 2 is 1.81 bits per heavy atom. The van der Waals surface area contributed by atoms with Crippen molar-refractivity contribution in [1.82, 2.24) is 0 Å². The van der Waals surface area contributed by atoms with Gasteiger partial charge in [0.2, 0.25) is 0 Å². The quantitative estimate of drug-likeness (QED) is 0.676. The van der Waals surface area contributed by atoms with Crippen LogP contribution in [-0.2, 0) is 4.79 Å². The van der Waals surface area contributed by atoms with Gasteiger partial charge in [-0.25, -0.2) is 0 Å². The van der Waals surface area contributed by atoms with Crippen molar-refractivity contribution in [2.75, 3.05) is 11.9 Å². The molecule has 104 valence electrons. The molecule has 0 saturated heterocycles. The maximum Gasteiger partial charge on any atom is 0.279 e. The maximum atomic E-state index is 12.1. The summed E-state index contributed by atoms with van der Waals surface area (Å²) in [5, 5.41) is 17.2. The first-order valence-corrected chi connectivity index (χ1v) is 6.44. The van der Waals surface area contributed by atoms with Crippen LogP contribution in [0.1, 0.15) is 11.1 Å². The Morgan fingerprint density at radius 1 is 1.10 bits per heavy atom. The fraction of sp³-hybridized carbons (Fsp3) is 0.0625. The van der Waals surface area contributed by atoms with Gasteiger partial charge in [0.15, 0.2) is 5.71 Å². The number of para-hydroxylation sites is 1. The minimum atomic E-state index is -0.168. The SMILES string of the molecule is CN1C(=O)/C(=N/N=C/c2ccc(O)cc2)c2ccccc21. The van der Waals surface area contributed by atoms with Crippen LogP contribution in [0.2, 0.25) is 0 Å². The van der Waals surface area contributed by atoms with Gasteiger partial charge >= 0.3 is 0 Å². The first-order valence-electron chi connectivity index (χ1n) is 6.44. The Balaban J connectivity index is 1.90. The molecule has 0 atom stereocenters. The highest BCUT2D eigenvalue weighted by molar-refractivity contribution is 6.54. The first-order chi connectivity index (χ1) is 10.2. The van der Waals surface area contributed by atoms with Crippen LogP contribution in [0.25, 0.3) is 0 Å². The largest absolute Gasteiger partial charge is 0.508 e. The lowest BCUT2D eigenvalue weighted by Crippen LogP contribution is -2.25. The van der Waals surface area contributed by atoms with E-state index < -0.39 is 0 Å². The third-order valence-corrected chi connectivity index (χ3v) is 3.29. The summed E-state index contributed by atoms with van der Waals surface area (Å²) < 4.78 is 0. The van der Waals surface area contributed by atoms with E-state index in [1.807, 2.05) is 24.3 Å². The van der Waals surface area contributed by atoms with Crippen molar-refractivity contribution in [3.05, 3.63) is 59.7 Å². The molecule has 1 aliphatic heterocycles. The molecule has 0 unspecified atom stereocenters. The molecule has 3 rings (SSSR count). The van der Waals surface area contributed by atoms with Crippen molar-refractivity contribution in [3.63, 3.8) is 0 Å². The van der Waals surface area contributed by atoms with Crippen LogP contribution in [0, 0.1) is 0 Å². The second kappa shape index (κ2) is 5.20. The van der Waals surface area contributed by atoms with Gasteiger partial charge in [0.05, 0.1) is 11.9 Å². The molecule has 0 saturated carbocycles. The standard InChI is InChI=1S/C16H13N3O2/c1-19-14-5-3-2-4-13(14)15(16(19)21)18-17-10-11-6-8-12(20)9-7-11/h2-10,20H,1H3/b17-10+,18-15+. The van der Waals surface area contributed by atoms with Crippen LogP contribution in [0.5, 0.6) is 5.75 Å². The summed E-state index contributed by atoms with van der Waals surface area (Å²) in [5.41, 5.74) is 2.75. The zero-order valence-electron chi connectivity index (χ0n) is 11.4. The Bertz CT molecular complexity index is 748. The highest BCUT2D eigenvalue weighted by Crippen LogP contribution is 2.27. The summed E-state index contributed by atoms with van der Waals surface area (Å²) in [5.74, 6) is 0.0269. The van der Waals surface area contributed by atoms with E-state index in [1.165, 1.54) is 0 Å². The fourth-order valence-electron chi connectivity index (χ4n) is 2.16. The number of hydrogen-bond acceptors (Lipinski definition) is 4. The minimum absolute atomic E-state index is 0.168. The molecule has 21 heavy (non-hydrogen) atoms. The van der Waals surface area contributed by atoms with Gasteiger partial charge in [0.1, 0.15) is 5.75 Å². The van der Waals surface area contributed by atoms with E-state index in [4.69, 9.17) is 0 Å². The molecule has 0 aromatic heterocycles. The summed E-state index contributed by atoms with van der Waals surface area (Å²) in [7, 11) is 1.72. The van der Waals surface area contributed by atoms with Crippen molar-refractivity contribution >= 4 is 23.5 Å². The lowest BCUT2D eigenvalue weighted by molar-refractivity contribution is -0.111. The number of hydrogen-bond donors (Lipinski definition) is 1. The summed E-state index contributed by atoms with van der Waals surface area (Å²) in [4.78, 5) is 13.7. The Kier molecular flexibility index (Phi) is 3.23. The van der Waals surface area contributed by atoms with Gasteiger partial charge in [0, 0.05) is 12.6 Å². The van der Waals surface area contributed by atoms with Crippen LogP contribution in [-0.4, -0.2) is 30.0 Å². The summed E-state index contributed by atoms with van der Waals surface area (Å²) in [6.45, 7) is 0. The van der Waals surface area contributed by atoms with Gasteiger partial charge in [-0.3, -0.25) is 4.79 Å². The first kappa shape index (κ1) is 13.1. The normalized spacial score (nSPS) is 16.0. The van der Waals surface area contributed by atoms with E-state index in [0.29, 0.717) is 5.71 Å². The predicted octanol–water partition coefficient (Wildman–Crippen LogP) is 2.19. The number of amides is 1. The molecule has 1 aliphatic rings. The molecule has 0 aliphatic carbocycles. The number of rotatable bonds is 2. The molecule has 0 spiro atoms. The maximum absolute atomic E-state index is 12.1. The topological polar surface area (TPSA) is 65.3 Å². The van der Waals surface area contributed by atoms with E-state index in [9.17, 15) is 9.90 Å². The molecule has 5 nitrogen and oxygen atoms in total. The molecule has 0 fully saturated rings. The highest BCUT2D eigenvalue weighted by Gasteiger charge is 2.30. The summed E-state index contributed by atoms with van der Waals surface area (Å²) >= 11 is 0. The van der Waals surface area contributed by atoms with E-state index in [1.54, 1.807) is 42.4 Å². The number of nitrogens with zero attached hydrogens (tertiary/aromatic N) is 3. The zero-order chi connectivity index (χ0) is 14.8. The summed E-state index contributed by atoms with van der Waals surface area (Å²) in [6.07, 6.45) is 1.54. The van der Waals surface area contributed by atoms with Gasteiger partial charge in [-0.15, -0.1) is 5.10 Å². The Labute approximate surface area is 121 Å². The lowest BCUT2D eigenvalue weighted by Gasteiger charge is -2.07. The molecule has 2 aromatic rings. The molecular formula is C16H13N3O2. The third-order valence-electron chi connectivity index (χ3n) is 3.29. The van der Waals surface area contributed by atoms with Crippen molar-refractivity contribution < 1.29 is 9.90 Å². The Morgan fingerprint density at radius 3 is 2.57 bits per heavy atom. The predicted molar refractivity (Wildman–Crippen MR) is 82.1 cm³/mol. The molecular weight excluding hydrogens is 266 g/mol. The molecule has 0 bridgehead atoms. The minimum Gasteiger partial charge on any atom is -0.508 e. The van der Waals surface area contributed by atoms with Crippen LogP contribution >= 0.6 is 0 Å². The highest BCUT2D eigenvalue weighted by atomic mass is 16.3. The zero-order valence-corrected chi connectivity index (χ0v) is 11.4. The van der Waals surface area contributed by atoms with Gasteiger partial charge in [-0.1, -0.05) is 18.2 Å². The molecule has 1 amide bonds. The fourth-order valence-corrected chi connectivity index (χ4v) is 2.16. The second-order valence-electron chi connectivity index (χ2n) is 4.67. The average molecular weight is 279 g/mol. The van der Waals surface area contributed by atoms with Gasteiger partial charge in [0.25, 0.3) is 5.91 Å².